The largest absolute Gasteiger partial charge is 0.322 e. The Bertz CT molecular complexity index is 921. The SMILES string of the molecule is CCCc1ccc(NC(=O)c2ccc3c(c2)C[C@@H](C)N3S(C)(=O)=O)cc1. The Balaban J connectivity index is 1.79. The Kier molecular flexibility index (Phi) is 5.05. The summed E-state index contributed by atoms with van der Waals surface area (Å²) in [6, 6.07) is 12.9. The molecular weight excluding hydrogens is 348 g/mol. The van der Waals surface area contributed by atoms with Gasteiger partial charge in [-0.3, -0.25) is 9.10 Å². The van der Waals surface area contributed by atoms with Crippen LogP contribution in [-0.4, -0.2) is 26.6 Å². The molecule has 0 bridgehead atoms. The van der Waals surface area contributed by atoms with Crippen LogP contribution in [0, 0.1) is 0 Å². The number of anilines is 2. The van der Waals surface area contributed by atoms with Gasteiger partial charge in [0.2, 0.25) is 10.0 Å². The summed E-state index contributed by atoms with van der Waals surface area (Å²) < 4.78 is 25.4. The molecule has 6 heteroatoms. The van der Waals surface area contributed by atoms with Crippen LogP contribution >= 0.6 is 0 Å². The molecule has 26 heavy (non-hydrogen) atoms. The van der Waals surface area contributed by atoms with E-state index in [1.165, 1.54) is 16.1 Å². The number of amides is 1. The Hall–Kier alpha value is -2.34. The molecule has 1 atom stereocenters. The maximum atomic E-state index is 12.5. The number of hydrogen-bond donors (Lipinski definition) is 1. The van der Waals surface area contributed by atoms with Gasteiger partial charge in [0.25, 0.3) is 5.91 Å². The molecular formula is C20H24N2O3S. The molecule has 0 saturated heterocycles. The van der Waals surface area contributed by atoms with E-state index in [1.807, 2.05) is 31.2 Å². The molecule has 0 radical (unpaired) electrons. The lowest BCUT2D eigenvalue weighted by atomic mass is 10.1. The fourth-order valence-corrected chi connectivity index (χ4v) is 4.76. The highest BCUT2D eigenvalue weighted by atomic mass is 32.2. The van der Waals surface area contributed by atoms with Gasteiger partial charge in [0, 0.05) is 17.3 Å². The van der Waals surface area contributed by atoms with Crippen LogP contribution < -0.4 is 9.62 Å². The maximum absolute atomic E-state index is 12.5. The summed E-state index contributed by atoms with van der Waals surface area (Å²) in [5.74, 6) is -0.193. The molecule has 2 aromatic rings. The van der Waals surface area contributed by atoms with Crippen LogP contribution in [0.4, 0.5) is 11.4 Å². The molecule has 0 fully saturated rings. The van der Waals surface area contributed by atoms with E-state index in [4.69, 9.17) is 0 Å². The predicted octanol–water partition coefficient (Wildman–Crippen LogP) is 3.60. The molecule has 1 N–H and O–H groups in total. The summed E-state index contributed by atoms with van der Waals surface area (Å²) in [5.41, 5.74) is 4.08. The van der Waals surface area contributed by atoms with Gasteiger partial charge in [-0.25, -0.2) is 8.42 Å². The van der Waals surface area contributed by atoms with Gasteiger partial charge in [0.1, 0.15) is 0 Å². The molecule has 1 aliphatic rings. The maximum Gasteiger partial charge on any atom is 0.255 e. The van der Waals surface area contributed by atoms with Crippen LogP contribution in [0.15, 0.2) is 42.5 Å². The molecule has 0 unspecified atom stereocenters. The van der Waals surface area contributed by atoms with Gasteiger partial charge in [-0.1, -0.05) is 25.5 Å². The molecule has 1 amide bonds. The van der Waals surface area contributed by atoms with Crippen molar-refractivity contribution in [1.29, 1.82) is 0 Å². The smallest absolute Gasteiger partial charge is 0.255 e. The summed E-state index contributed by atoms with van der Waals surface area (Å²) in [5, 5.41) is 2.90. The van der Waals surface area contributed by atoms with Crippen LogP contribution in [0.2, 0.25) is 0 Å². The standard InChI is InChI=1S/C20H24N2O3S/c1-4-5-15-6-9-18(10-7-15)21-20(23)16-8-11-19-17(13-16)12-14(2)22(19)26(3,24)25/h6-11,13-14H,4-5,12H2,1-3H3,(H,21,23)/t14-/m1/s1. The lowest BCUT2D eigenvalue weighted by Crippen LogP contribution is -2.34. The van der Waals surface area contributed by atoms with E-state index < -0.39 is 10.0 Å². The van der Waals surface area contributed by atoms with Gasteiger partial charge in [0.15, 0.2) is 0 Å². The third-order valence-electron chi connectivity index (χ3n) is 4.60. The first-order valence-electron chi connectivity index (χ1n) is 8.82. The average molecular weight is 372 g/mol. The van der Waals surface area contributed by atoms with Gasteiger partial charge in [-0.2, -0.15) is 0 Å². The second kappa shape index (κ2) is 7.11. The highest BCUT2D eigenvalue weighted by Crippen LogP contribution is 2.34. The minimum Gasteiger partial charge on any atom is -0.322 e. The van der Waals surface area contributed by atoms with Crippen molar-refractivity contribution in [1.82, 2.24) is 0 Å². The Labute approximate surface area is 155 Å². The number of carbonyl (C=O) groups excluding carboxylic acids is 1. The molecule has 138 valence electrons. The van der Waals surface area contributed by atoms with Gasteiger partial charge >= 0.3 is 0 Å². The molecule has 0 aromatic heterocycles. The lowest BCUT2D eigenvalue weighted by molar-refractivity contribution is 0.102. The zero-order valence-electron chi connectivity index (χ0n) is 15.3. The van der Waals surface area contributed by atoms with Crippen molar-refractivity contribution >= 4 is 27.3 Å². The zero-order chi connectivity index (χ0) is 18.9. The van der Waals surface area contributed by atoms with E-state index >= 15 is 0 Å². The molecule has 0 aliphatic carbocycles. The molecule has 5 nitrogen and oxygen atoms in total. The molecule has 1 aliphatic heterocycles. The van der Waals surface area contributed by atoms with E-state index in [0.717, 1.165) is 24.1 Å². The summed E-state index contributed by atoms with van der Waals surface area (Å²) in [6.45, 7) is 4.01. The number of nitrogens with zero attached hydrogens (tertiary/aromatic N) is 1. The number of carbonyl (C=O) groups is 1. The number of nitrogens with one attached hydrogen (secondary N) is 1. The Morgan fingerprint density at radius 1 is 1.19 bits per heavy atom. The number of fused-ring (bicyclic) bond motifs is 1. The van der Waals surface area contributed by atoms with Crippen molar-refractivity contribution in [3.05, 3.63) is 59.2 Å². The van der Waals surface area contributed by atoms with Crippen LogP contribution in [0.3, 0.4) is 0 Å². The number of hydrogen-bond acceptors (Lipinski definition) is 3. The van der Waals surface area contributed by atoms with Gasteiger partial charge in [-0.05, 0) is 61.2 Å². The minimum absolute atomic E-state index is 0.135. The van der Waals surface area contributed by atoms with Gasteiger partial charge < -0.3 is 5.32 Å². The predicted molar refractivity (Wildman–Crippen MR) is 105 cm³/mol. The first-order valence-corrected chi connectivity index (χ1v) is 10.7. The van der Waals surface area contributed by atoms with Crippen molar-refractivity contribution in [3.63, 3.8) is 0 Å². The van der Waals surface area contributed by atoms with Gasteiger partial charge in [0.05, 0.1) is 11.9 Å². The molecule has 0 spiro atoms. The van der Waals surface area contributed by atoms with E-state index in [9.17, 15) is 13.2 Å². The fraction of sp³-hybridized carbons (Fsp3) is 0.350. The summed E-state index contributed by atoms with van der Waals surface area (Å²) in [4.78, 5) is 12.5. The highest BCUT2D eigenvalue weighted by molar-refractivity contribution is 7.92. The third-order valence-corrected chi connectivity index (χ3v) is 5.87. The van der Waals surface area contributed by atoms with Crippen molar-refractivity contribution < 1.29 is 13.2 Å². The van der Waals surface area contributed by atoms with Gasteiger partial charge in [-0.15, -0.1) is 0 Å². The summed E-state index contributed by atoms with van der Waals surface area (Å²) >= 11 is 0. The Morgan fingerprint density at radius 3 is 2.50 bits per heavy atom. The van der Waals surface area contributed by atoms with Crippen molar-refractivity contribution in [2.75, 3.05) is 15.9 Å². The van der Waals surface area contributed by atoms with E-state index in [2.05, 4.69) is 12.2 Å². The van der Waals surface area contributed by atoms with E-state index in [0.29, 0.717) is 17.7 Å². The molecule has 0 saturated carbocycles. The normalized spacial score (nSPS) is 16.4. The molecule has 2 aromatic carbocycles. The van der Waals surface area contributed by atoms with Crippen molar-refractivity contribution in [2.45, 2.75) is 39.2 Å². The number of sulfonamides is 1. The second-order valence-electron chi connectivity index (χ2n) is 6.86. The molecule has 1 heterocycles. The fourth-order valence-electron chi connectivity index (χ4n) is 3.50. The third kappa shape index (κ3) is 3.75. The second-order valence-corrected chi connectivity index (χ2v) is 8.72. The zero-order valence-corrected chi connectivity index (χ0v) is 16.1. The van der Waals surface area contributed by atoms with Crippen LogP contribution in [0.25, 0.3) is 0 Å². The number of aryl methyl sites for hydroxylation is 1. The van der Waals surface area contributed by atoms with Crippen LogP contribution in [-0.2, 0) is 22.9 Å². The lowest BCUT2D eigenvalue weighted by Gasteiger charge is -2.21. The number of rotatable bonds is 5. The first kappa shape index (κ1) is 18.5. The Morgan fingerprint density at radius 2 is 1.88 bits per heavy atom. The number of benzene rings is 2. The quantitative estimate of drug-likeness (QED) is 0.872. The van der Waals surface area contributed by atoms with Crippen LogP contribution in [0.1, 0.15) is 41.8 Å². The summed E-state index contributed by atoms with van der Waals surface area (Å²) in [6.07, 6.45) is 3.93. The topological polar surface area (TPSA) is 66.5 Å². The van der Waals surface area contributed by atoms with E-state index in [1.54, 1.807) is 18.2 Å². The van der Waals surface area contributed by atoms with Crippen molar-refractivity contribution in [3.8, 4) is 0 Å². The minimum atomic E-state index is -3.32. The highest BCUT2D eigenvalue weighted by Gasteiger charge is 2.32. The monoisotopic (exact) mass is 372 g/mol. The first-order chi connectivity index (χ1) is 12.3. The average Bonchev–Trinajstić information content (AvgIpc) is 2.91. The van der Waals surface area contributed by atoms with Crippen molar-refractivity contribution in [2.24, 2.45) is 0 Å². The van der Waals surface area contributed by atoms with Crippen LogP contribution in [0.5, 0.6) is 0 Å². The molecule has 3 rings (SSSR count). The summed E-state index contributed by atoms with van der Waals surface area (Å²) in [7, 11) is -3.32. The van der Waals surface area contributed by atoms with E-state index in [-0.39, 0.29) is 11.9 Å².